The first kappa shape index (κ1) is 16.7. The lowest BCUT2D eigenvalue weighted by Gasteiger charge is -2.33. The summed E-state index contributed by atoms with van der Waals surface area (Å²) in [5.74, 6) is 1.07. The van der Waals surface area contributed by atoms with Crippen molar-refractivity contribution in [3.05, 3.63) is 0 Å². The molecule has 128 valence electrons. The highest BCUT2D eigenvalue weighted by atomic mass is 19.1. The second-order valence-corrected chi connectivity index (χ2v) is 7.78. The zero-order chi connectivity index (χ0) is 16.2. The summed E-state index contributed by atoms with van der Waals surface area (Å²) in [7, 11) is 0. The molecule has 0 aromatic rings. The number of hydrogen-bond donors (Lipinski definition) is 0. The third kappa shape index (κ3) is 4.05. The number of hydrogen-bond acceptors (Lipinski definition) is 3. The minimum atomic E-state index is -1.15. The standard InChI is InChI=1S/C19H28FNO2/c20-18-11-17(10-9-16(18)12-21)23-19(22)15-7-5-14(6-8-15)13-3-1-2-4-13/h13-18H,1-11H2. The second kappa shape index (κ2) is 7.64. The molecule has 4 heteroatoms. The second-order valence-electron chi connectivity index (χ2n) is 7.78. The Hall–Kier alpha value is -1.11. The summed E-state index contributed by atoms with van der Waals surface area (Å²) >= 11 is 0. The fraction of sp³-hybridized carbons (Fsp3) is 0.895. The fourth-order valence-electron chi connectivity index (χ4n) is 4.85. The summed E-state index contributed by atoms with van der Waals surface area (Å²) in [4.78, 5) is 12.3. The Bertz CT molecular complexity index is 447. The van der Waals surface area contributed by atoms with Crippen LogP contribution in [0.5, 0.6) is 0 Å². The molecule has 0 heterocycles. The molecule has 3 unspecified atom stereocenters. The Kier molecular flexibility index (Phi) is 5.56. The molecule has 0 amide bonds. The molecule has 3 aliphatic rings. The predicted octanol–water partition coefficient (Wildman–Crippen LogP) is 4.56. The number of halogens is 1. The lowest BCUT2D eigenvalue weighted by atomic mass is 9.75. The molecule has 0 aliphatic heterocycles. The summed E-state index contributed by atoms with van der Waals surface area (Å²) in [5.41, 5.74) is 0. The van der Waals surface area contributed by atoms with E-state index in [0.717, 1.165) is 37.5 Å². The average Bonchev–Trinajstić information content (AvgIpc) is 3.09. The predicted molar refractivity (Wildman–Crippen MR) is 85.1 cm³/mol. The average molecular weight is 321 g/mol. The SMILES string of the molecule is N#CC1CCC(OC(=O)C2CCC(C3CCCC3)CC2)CC1F. The van der Waals surface area contributed by atoms with Gasteiger partial charge in [-0.1, -0.05) is 25.7 Å². The topological polar surface area (TPSA) is 50.1 Å². The molecule has 0 saturated heterocycles. The Morgan fingerprint density at radius 2 is 1.61 bits per heavy atom. The van der Waals surface area contributed by atoms with Crippen molar-refractivity contribution < 1.29 is 13.9 Å². The van der Waals surface area contributed by atoms with Crippen molar-refractivity contribution in [2.24, 2.45) is 23.7 Å². The molecule has 0 N–H and O–H groups in total. The van der Waals surface area contributed by atoms with Gasteiger partial charge in [0.2, 0.25) is 0 Å². The molecule has 0 aromatic heterocycles. The highest BCUT2D eigenvalue weighted by Gasteiger charge is 2.36. The number of ether oxygens (including phenoxy) is 1. The normalized spacial score (nSPS) is 38.9. The van der Waals surface area contributed by atoms with Crippen LogP contribution in [0.3, 0.4) is 0 Å². The van der Waals surface area contributed by atoms with E-state index in [0.29, 0.717) is 12.8 Å². The van der Waals surface area contributed by atoms with Crippen LogP contribution in [-0.4, -0.2) is 18.2 Å². The van der Waals surface area contributed by atoms with E-state index >= 15 is 0 Å². The Labute approximate surface area is 138 Å². The van der Waals surface area contributed by atoms with E-state index in [1.807, 2.05) is 6.07 Å². The Morgan fingerprint density at radius 1 is 0.957 bits per heavy atom. The maximum atomic E-state index is 13.8. The number of alkyl halides is 1. The van der Waals surface area contributed by atoms with Crippen LogP contribution < -0.4 is 0 Å². The number of esters is 1. The Balaban J connectivity index is 1.42. The van der Waals surface area contributed by atoms with E-state index < -0.39 is 12.1 Å². The van der Waals surface area contributed by atoms with Gasteiger partial charge < -0.3 is 4.74 Å². The van der Waals surface area contributed by atoms with Crippen LogP contribution in [0.25, 0.3) is 0 Å². The summed E-state index contributed by atoms with van der Waals surface area (Å²) < 4.78 is 19.4. The van der Waals surface area contributed by atoms with E-state index in [4.69, 9.17) is 10.00 Å². The molecule has 23 heavy (non-hydrogen) atoms. The van der Waals surface area contributed by atoms with Crippen molar-refractivity contribution >= 4 is 5.97 Å². The minimum absolute atomic E-state index is 0.0133. The van der Waals surface area contributed by atoms with E-state index in [9.17, 15) is 9.18 Å². The quantitative estimate of drug-likeness (QED) is 0.716. The lowest BCUT2D eigenvalue weighted by molar-refractivity contribution is -0.158. The molecule has 3 rings (SSSR count). The molecule has 3 atom stereocenters. The Morgan fingerprint density at radius 3 is 2.22 bits per heavy atom. The first-order valence-electron chi connectivity index (χ1n) is 9.41. The van der Waals surface area contributed by atoms with Gasteiger partial charge in [-0.25, -0.2) is 4.39 Å². The summed E-state index contributed by atoms with van der Waals surface area (Å²) in [5, 5.41) is 8.85. The summed E-state index contributed by atoms with van der Waals surface area (Å²) in [6.07, 6.45) is 9.53. The number of nitriles is 1. The van der Waals surface area contributed by atoms with Crippen molar-refractivity contribution in [1.82, 2.24) is 0 Å². The first-order chi connectivity index (χ1) is 11.2. The fourth-order valence-corrected chi connectivity index (χ4v) is 4.85. The van der Waals surface area contributed by atoms with Crippen molar-refractivity contribution in [2.45, 2.75) is 82.9 Å². The lowest BCUT2D eigenvalue weighted by Crippen LogP contribution is -2.34. The van der Waals surface area contributed by atoms with Crippen LogP contribution in [0, 0.1) is 35.0 Å². The van der Waals surface area contributed by atoms with E-state index in [2.05, 4.69) is 0 Å². The molecule has 3 nitrogen and oxygen atoms in total. The van der Waals surface area contributed by atoms with Gasteiger partial charge in [0.05, 0.1) is 17.9 Å². The van der Waals surface area contributed by atoms with Gasteiger partial charge >= 0.3 is 5.97 Å². The molecule has 3 aliphatic carbocycles. The van der Waals surface area contributed by atoms with Gasteiger partial charge in [-0.05, 0) is 50.4 Å². The van der Waals surface area contributed by atoms with Crippen LogP contribution in [0.15, 0.2) is 0 Å². The van der Waals surface area contributed by atoms with Gasteiger partial charge in [-0.2, -0.15) is 5.26 Å². The summed E-state index contributed by atoms with van der Waals surface area (Å²) in [6, 6.07) is 2.01. The van der Waals surface area contributed by atoms with Crippen molar-refractivity contribution in [3.8, 4) is 6.07 Å². The van der Waals surface area contributed by atoms with E-state index in [1.165, 1.54) is 25.7 Å². The van der Waals surface area contributed by atoms with Crippen molar-refractivity contribution in [3.63, 3.8) is 0 Å². The minimum Gasteiger partial charge on any atom is -0.462 e. The molecular weight excluding hydrogens is 293 g/mol. The highest BCUT2D eigenvalue weighted by Crippen LogP contribution is 2.41. The molecule has 0 bridgehead atoms. The zero-order valence-electron chi connectivity index (χ0n) is 13.9. The monoisotopic (exact) mass is 321 g/mol. The maximum Gasteiger partial charge on any atom is 0.309 e. The van der Waals surface area contributed by atoms with Crippen LogP contribution in [0.2, 0.25) is 0 Å². The largest absolute Gasteiger partial charge is 0.462 e. The third-order valence-corrected chi connectivity index (χ3v) is 6.34. The molecule has 0 aromatic carbocycles. The van der Waals surface area contributed by atoms with Crippen LogP contribution in [-0.2, 0) is 9.53 Å². The smallest absolute Gasteiger partial charge is 0.309 e. The van der Waals surface area contributed by atoms with Crippen LogP contribution >= 0.6 is 0 Å². The molecular formula is C19H28FNO2. The molecule has 3 saturated carbocycles. The van der Waals surface area contributed by atoms with E-state index in [-0.39, 0.29) is 24.4 Å². The van der Waals surface area contributed by atoms with Crippen molar-refractivity contribution in [2.75, 3.05) is 0 Å². The number of rotatable bonds is 3. The van der Waals surface area contributed by atoms with E-state index in [1.54, 1.807) is 0 Å². The third-order valence-electron chi connectivity index (χ3n) is 6.34. The van der Waals surface area contributed by atoms with Gasteiger partial charge in [0.25, 0.3) is 0 Å². The highest BCUT2D eigenvalue weighted by molar-refractivity contribution is 5.72. The number of carbonyl (C=O) groups is 1. The van der Waals surface area contributed by atoms with Crippen LogP contribution in [0.4, 0.5) is 4.39 Å². The maximum absolute atomic E-state index is 13.8. The molecule has 0 radical (unpaired) electrons. The molecule has 3 fully saturated rings. The van der Waals surface area contributed by atoms with Gasteiger partial charge in [0, 0.05) is 6.42 Å². The zero-order valence-corrected chi connectivity index (χ0v) is 13.9. The van der Waals surface area contributed by atoms with Gasteiger partial charge in [0.15, 0.2) is 0 Å². The summed E-state index contributed by atoms with van der Waals surface area (Å²) in [6.45, 7) is 0. The number of carbonyl (C=O) groups excluding carboxylic acids is 1. The van der Waals surface area contributed by atoms with Crippen LogP contribution in [0.1, 0.15) is 70.6 Å². The van der Waals surface area contributed by atoms with Gasteiger partial charge in [-0.15, -0.1) is 0 Å². The molecule has 0 spiro atoms. The van der Waals surface area contributed by atoms with Gasteiger partial charge in [-0.3, -0.25) is 4.79 Å². The van der Waals surface area contributed by atoms with Gasteiger partial charge in [0.1, 0.15) is 12.3 Å². The first-order valence-corrected chi connectivity index (χ1v) is 9.41. The number of nitrogens with zero attached hydrogens (tertiary/aromatic N) is 1. The van der Waals surface area contributed by atoms with Crippen molar-refractivity contribution in [1.29, 1.82) is 5.26 Å².